The number of amides is 1. The van der Waals surface area contributed by atoms with Gasteiger partial charge in [-0.1, -0.05) is 12.1 Å². The number of nitrogens with zero attached hydrogens (tertiary/aromatic N) is 2. The van der Waals surface area contributed by atoms with E-state index in [4.69, 9.17) is 0 Å². The van der Waals surface area contributed by atoms with Crippen molar-refractivity contribution in [2.75, 3.05) is 14.2 Å². The minimum Gasteiger partial charge on any atom is -0.464 e. The van der Waals surface area contributed by atoms with E-state index in [1.807, 2.05) is 0 Å². The van der Waals surface area contributed by atoms with Crippen LogP contribution < -0.4 is 0 Å². The van der Waals surface area contributed by atoms with E-state index in [0.717, 1.165) is 18.4 Å². The lowest BCUT2D eigenvalue weighted by Crippen LogP contribution is -2.32. The predicted molar refractivity (Wildman–Crippen MR) is 89.5 cm³/mol. The van der Waals surface area contributed by atoms with Gasteiger partial charge in [-0.05, 0) is 48.6 Å². The lowest BCUT2D eigenvalue weighted by Gasteiger charge is -2.29. The molecule has 6 heteroatoms. The Kier molecular flexibility index (Phi) is 4.79. The molecule has 130 valence electrons. The van der Waals surface area contributed by atoms with Crippen molar-refractivity contribution in [2.45, 2.75) is 18.9 Å². The monoisotopic (exact) mass is 342 g/mol. The fraction of sp³-hybridized carbons (Fsp3) is 0.316. The number of ether oxygens (including phenoxy) is 1. The van der Waals surface area contributed by atoms with E-state index in [-0.39, 0.29) is 23.5 Å². The summed E-state index contributed by atoms with van der Waals surface area (Å²) in [5, 5.41) is 0. The van der Waals surface area contributed by atoms with Gasteiger partial charge in [-0.2, -0.15) is 0 Å². The zero-order valence-corrected chi connectivity index (χ0v) is 14.1. The van der Waals surface area contributed by atoms with Crippen LogP contribution in [-0.4, -0.2) is 35.9 Å². The summed E-state index contributed by atoms with van der Waals surface area (Å²) >= 11 is 0. The van der Waals surface area contributed by atoms with Gasteiger partial charge in [0, 0.05) is 18.8 Å². The van der Waals surface area contributed by atoms with Gasteiger partial charge in [0.15, 0.2) is 0 Å². The molecule has 1 heterocycles. The number of pyridine rings is 1. The topological polar surface area (TPSA) is 59.5 Å². The summed E-state index contributed by atoms with van der Waals surface area (Å²) in [6.07, 6.45) is 3.48. The molecule has 1 amide bonds. The maximum Gasteiger partial charge on any atom is 0.356 e. The van der Waals surface area contributed by atoms with Crippen molar-refractivity contribution in [3.8, 4) is 0 Å². The van der Waals surface area contributed by atoms with Crippen molar-refractivity contribution in [2.24, 2.45) is 5.92 Å². The van der Waals surface area contributed by atoms with Gasteiger partial charge in [0.05, 0.1) is 13.2 Å². The second kappa shape index (κ2) is 7.01. The summed E-state index contributed by atoms with van der Waals surface area (Å²) in [6.45, 7) is 0. The second-order valence-electron chi connectivity index (χ2n) is 6.17. The highest BCUT2D eigenvalue weighted by Crippen LogP contribution is 2.44. The SMILES string of the molecule is COC(=O)c1cc(C(=O)N(C)[C@H](c2ccc(F)cc2)C2CC2)ccn1. The Morgan fingerprint density at radius 2 is 1.92 bits per heavy atom. The Hall–Kier alpha value is -2.76. The van der Waals surface area contributed by atoms with E-state index < -0.39 is 5.97 Å². The molecule has 1 aliphatic rings. The summed E-state index contributed by atoms with van der Waals surface area (Å²) in [4.78, 5) is 30.1. The molecule has 1 aromatic heterocycles. The highest BCUT2D eigenvalue weighted by molar-refractivity contribution is 5.97. The Bertz CT molecular complexity index is 788. The van der Waals surface area contributed by atoms with Gasteiger partial charge in [-0.25, -0.2) is 14.2 Å². The molecule has 0 saturated heterocycles. The van der Waals surface area contributed by atoms with Gasteiger partial charge in [0.2, 0.25) is 0 Å². The molecule has 0 radical (unpaired) electrons. The molecule has 0 aliphatic heterocycles. The fourth-order valence-corrected chi connectivity index (χ4v) is 2.99. The number of aromatic nitrogens is 1. The first kappa shape index (κ1) is 17.1. The van der Waals surface area contributed by atoms with Crippen LogP contribution in [-0.2, 0) is 4.74 Å². The number of rotatable bonds is 5. The first-order valence-electron chi connectivity index (χ1n) is 8.08. The number of esters is 1. The van der Waals surface area contributed by atoms with E-state index in [9.17, 15) is 14.0 Å². The first-order chi connectivity index (χ1) is 12.0. The highest BCUT2D eigenvalue weighted by atomic mass is 19.1. The number of halogens is 1. The molecule has 0 N–H and O–H groups in total. The molecule has 3 rings (SSSR count). The molecule has 0 unspecified atom stereocenters. The van der Waals surface area contributed by atoms with Crippen LogP contribution in [0.2, 0.25) is 0 Å². The van der Waals surface area contributed by atoms with Crippen LogP contribution in [0.5, 0.6) is 0 Å². The highest BCUT2D eigenvalue weighted by Gasteiger charge is 2.37. The second-order valence-corrected chi connectivity index (χ2v) is 6.17. The quantitative estimate of drug-likeness (QED) is 0.783. The average molecular weight is 342 g/mol. The third-order valence-corrected chi connectivity index (χ3v) is 4.42. The smallest absolute Gasteiger partial charge is 0.356 e. The summed E-state index contributed by atoms with van der Waals surface area (Å²) < 4.78 is 17.9. The van der Waals surface area contributed by atoms with Gasteiger partial charge in [0.1, 0.15) is 11.5 Å². The number of hydrogen-bond acceptors (Lipinski definition) is 4. The van der Waals surface area contributed by atoms with Crippen LogP contribution in [0, 0.1) is 11.7 Å². The van der Waals surface area contributed by atoms with Crippen LogP contribution in [0.4, 0.5) is 4.39 Å². The average Bonchev–Trinajstić information content (AvgIpc) is 3.47. The number of hydrogen-bond donors (Lipinski definition) is 0. The number of carbonyl (C=O) groups is 2. The Balaban J connectivity index is 1.87. The lowest BCUT2D eigenvalue weighted by atomic mass is 10.00. The number of benzene rings is 1. The molecular formula is C19H19FN2O3. The third kappa shape index (κ3) is 3.68. The molecule has 1 atom stereocenters. The van der Waals surface area contributed by atoms with Crippen LogP contribution >= 0.6 is 0 Å². The summed E-state index contributed by atoms with van der Waals surface area (Å²) in [7, 11) is 3.00. The van der Waals surface area contributed by atoms with E-state index in [1.165, 1.54) is 31.5 Å². The maximum absolute atomic E-state index is 13.2. The van der Waals surface area contributed by atoms with Gasteiger partial charge in [0.25, 0.3) is 5.91 Å². The molecule has 0 spiro atoms. The lowest BCUT2D eigenvalue weighted by molar-refractivity contribution is 0.0594. The van der Waals surface area contributed by atoms with Crippen LogP contribution in [0.15, 0.2) is 42.6 Å². The Morgan fingerprint density at radius 1 is 1.24 bits per heavy atom. The molecular weight excluding hydrogens is 323 g/mol. The molecule has 2 aromatic rings. The normalized spacial score (nSPS) is 14.7. The van der Waals surface area contributed by atoms with Crippen molar-refractivity contribution in [3.05, 3.63) is 65.2 Å². The van der Waals surface area contributed by atoms with Crippen LogP contribution in [0.3, 0.4) is 0 Å². The van der Waals surface area contributed by atoms with Gasteiger partial charge in [-0.15, -0.1) is 0 Å². The minimum atomic E-state index is -0.588. The van der Waals surface area contributed by atoms with Crippen molar-refractivity contribution >= 4 is 11.9 Å². The van der Waals surface area contributed by atoms with E-state index in [1.54, 1.807) is 30.1 Å². The van der Waals surface area contributed by atoms with Crippen molar-refractivity contribution in [1.29, 1.82) is 0 Å². The maximum atomic E-state index is 13.2. The van der Waals surface area contributed by atoms with Gasteiger partial charge in [-0.3, -0.25) is 4.79 Å². The molecule has 1 aromatic carbocycles. The van der Waals surface area contributed by atoms with Crippen molar-refractivity contribution in [3.63, 3.8) is 0 Å². The predicted octanol–water partition coefficient (Wildman–Crippen LogP) is 3.23. The number of methoxy groups -OCH3 is 1. The van der Waals surface area contributed by atoms with Crippen LogP contribution in [0.25, 0.3) is 0 Å². The summed E-state index contributed by atoms with van der Waals surface area (Å²) in [6, 6.07) is 9.13. The van der Waals surface area contributed by atoms with Crippen molar-refractivity contribution in [1.82, 2.24) is 9.88 Å². The van der Waals surface area contributed by atoms with Gasteiger partial charge < -0.3 is 9.64 Å². The van der Waals surface area contributed by atoms with E-state index in [2.05, 4.69) is 9.72 Å². The zero-order chi connectivity index (χ0) is 18.0. The van der Waals surface area contributed by atoms with Crippen molar-refractivity contribution < 1.29 is 18.7 Å². The van der Waals surface area contributed by atoms with Crippen LogP contribution in [0.1, 0.15) is 45.3 Å². The Morgan fingerprint density at radius 3 is 2.52 bits per heavy atom. The molecule has 1 aliphatic carbocycles. The van der Waals surface area contributed by atoms with E-state index in [0.29, 0.717) is 11.5 Å². The molecule has 5 nitrogen and oxygen atoms in total. The third-order valence-electron chi connectivity index (χ3n) is 4.42. The largest absolute Gasteiger partial charge is 0.464 e. The minimum absolute atomic E-state index is 0.0894. The number of carbonyl (C=O) groups excluding carboxylic acids is 2. The summed E-state index contributed by atoms with van der Waals surface area (Å²) in [5.74, 6) is -0.742. The molecule has 25 heavy (non-hydrogen) atoms. The fourth-order valence-electron chi connectivity index (χ4n) is 2.99. The zero-order valence-electron chi connectivity index (χ0n) is 14.1. The Labute approximate surface area is 145 Å². The standard InChI is InChI=1S/C19H19FN2O3/c1-22(17(12-3-4-12)13-5-7-15(20)8-6-13)18(23)14-9-10-21-16(11-14)19(24)25-2/h5-12,17H,3-4H2,1-2H3/t17-/m0/s1. The van der Waals surface area contributed by atoms with E-state index >= 15 is 0 Å². The molecule has 1 saturated carbocycles. The van der Waals surface area contributed by atoms with Gasteiger partial charge >= 0.3 is 5.97 Å². The summed E-state index contributed by atoms with van der Waals surface area (Å²) in [5.41, 5.74) is 1.36. The molecule has 0 bridgehead atoms. The molecule has 1 fully saturated rings. The first-order valence-corrected chi connectivity index (χ1v) is 8.08.